The Hall–Kier alpha value is -3.34. The van der Waals surface area contributed by atoms with Crippen LogP contribution >= 0.6 is 0 Å². The topological polar surface area (TPSA) is 86.4 Å². The maximum absolute atomic E-state index is 13.5. The van der Waals surface area contributed by atoms with Crippen molar-refractivity contribution in [2.45, 2.75) is 25.6 Å². The fraction of sp³-hybridized carbons (Fsp3) is 0.409. The van der Waals surface area contributed by atoms with Crippen LogP contribution in [-0.4, -0.2) is 64.5 Å². The first-order valence-corrected chi connectivity index (χ1v) is 10.6. The van der Waals surface area contributed by atoms with Crippen LogP contribution in [0.25, 0.3) is 11.0 Å². The second-order valence-electron chi connectivity index (χ2n) is 8.13. The van der Waals surface area contributed by atoms with E-state index < -0.39 is 11.7 Å². The third-order valence-electron chi connectivity index (χ3n) is 5.53. The molecule has 3 aromatic rings. The van der Waals surface area contributed by atoms with E-state index in [-0.39, 0.29) is 30.4 Å². The Morgan fingerprint density at radius 2 is 1.94 bits per heavy atom. The van der Waals surface area contributed by atoms with Crippen molar-refractivity contribution in [3.8, 4) is 5.75 Å². The molecule has 4 rings (SSSR count). The molecule has 0 unspecified atom stereocenters. The first-order chi connectivity index (χ1) is 15.7. The summed E-state index contributed by atoms with van der Waals surface area (Å²) in [6.45, 7) is 1.87. The number of fused-ring (bicyclic) bond motifs is 2. The SMILES string of the molecule is CN1CCN(C)C(=O)CCCOc2cc(cc(C(F)(F)F)c2)Nc2ncnc3[nH]cc(c23)C1. The van der Waals surface area contributed by atoms with E-state index in [1.165, 1.54) is 12.4 Å². The number of hydrogen-bond donors (Lipinski definition) is 2. The van der Waals surface area contributed by atoms with Crippen LogP contribution in [0.5, 0.6) is 5.75 Å². The van der Waals surface area contributed by atoms with Crippen LogP contribution in [0.1, 0.15) is 24.0 Å². The second-order valence-corrected chi connectivity index (χ2v) is 8.13. The highest BCUT2D eigenvalue weighted by atomic mass is 19.4. The molecular formula is C22H25F3N6O2. The number of carbonyl (C=O) groups is 1. The van der Waals surface area contributed by atoms with Gasteiger partial charge in [-0.3, -0.25) is 4.79 Å². The molecule has 0 atom stereocenters. The summed E-state index contributed by atoms with van der Waals surface area (Å²) < 4.78 is 46.1. The summed E-state index contributed by atoms with van der Waals surface area (Å²) in [5, 5.41) is 3.71. The lowest BCUT2D eigenvalue weighted by Gasteiger charge is -2.22. The number of alkyl halides is 3. The molecule has 0 aliphatic carbocycles. The average molecular weight is 462 g/mol. The molecule has 33 heavy (non-hydrogen) atoms. The highest BCUT2D eigenvalue weighted by molar-refractivity contribution is 5.92. The number of anilines is 2. The minimum absolute atomic E-state index is 0.0366. The van der Waals surface area contributed by atoms with Gasteiger partial charge >= 0.3 is 6.18 Å². The zero-order valence-electron chi connectivity index (χ0n) is 18.4. The van der Waals surface area contributed by atoms with E-state index in [0.717, 1.165) is 17.7 Å². The molecule has 0 fully saturated rings. The lowest BCUT2D eigenvalue weighted by Crippen LogP contribution is -2.34. The molecule has 1 aliphatic heterocycles. The number of likely N-dealkylation sites (N-methyl/N-ethyl adjacent to an activating group) is 2. The van der Waals surface area contributed by atoms with Crippen molar-refractivity contribution in [3.05, 3.63) is 41.9 Å². The summed E-state index contributed by atoms with van der Waals surface area (Å²) in [5.74, 6) is 0.425. The second kappa shape index (κ2) is 9.26. The zero-order valence-corrected chi connectivity index (χ0v) is 18.4. The predicted molar refractivity (Wildman–Crippen MR) is 117 cm³/mol. The van der Waals surface area contributed by atoms with E-state index in [4.69, 9.17) is 4.74 Å². The Balaban J connectivity index is 1.75. The smallest absolute Gasteiger partial charge is 0.416 e. The molecule has 1 aromatic carbocycles. The Labute approximate surface area is 188 Å². The molecule has 0 spiro atoms. The monoisotopic (exact) mass is 462 g/mol. The van der Waals surface area contributed by atoms with E-state index in [0.29, 0.717) is 42.9 Å². The van der Waals surface area contributed by atoms with Crippen molar-refractivity contribution < 1.29 is 22.7 Å². The molecule has 0 saturated heterocycles. The minimum Gasteiger partial charge on any atom is -0.493 e. The summed E-state index contributed by atoms with van der Waals surface area (Å²) >= 11 is 0. The minimum atomic E-state index is -4.55. The molecule has 8 nitrogen and oxygen atoms in total. The molecular weight excluding hydrogens is 437 g/mol. The summed E-state index contributed by atoms with van der Waals surface area (Å²) in [6, 6.07) is 3.47. The summed E-state index contributed by atoms with van der Waals surface area (Å²) in [5.41, 5.74) is 0.818. The highest BCUT2D eigenvalue weighted by Crippen LogP contribution is 2.36. The maximum atomic E-state index is 13.5. The first-order valence-electron chi connectivity index (χ1n) is 10.6. The number of amides is 1. The highest BCUT2D eigenvalue weighted by Gasteiger charge is 2.31. The van der Waals surface area contributed by atoms with Gasteiger partial charge in [0.1, 0.15) is 23.5 Å². The van der Waals surface area contributed by atoms with E-state index in [1.54, 1.807) is 11.9 Å². The average Bonchev–Trinajstić information content (AvgIpc) is 3.17. The van der Waals surface area contributed by atoms with Crippen LogP contribution in [-0.2, 0) is 17.5 Å². The van der Waals surface area contributed by atoms with Crippen molar-refractivity contribution in [2.24, 2.45) is 0 Å². The summed E-state index contributed by atoms with van der Waals surface area (Å²) in [6.07, 6.45) is -0.733. The van der Waals surface area contributed by atoms with Gasteiger partial charge in [0.15, 0.2) is 0 Å². The van der Waals surface area contributed by atoms with Crippen molar-refractivity contribution in [1.82, 2.24) is 24.8 Å². The van der Waals surface area contributed by atoms with E-state index >= 15 is 0 Å². The number of halogens is 3. The molecule has 1 aliphatic rings. The molecule has 3 heterocycles. The standard InChI is InChI=1S/C22H25F3N6O2/c1-30-5-6-31(2)18(32)4-3-7-33-17-9-15(22(23,24)25)8-16(10-17)29-21-19-14(12-30)11-26-20(19)27-13-28-21/h8-11,13H,3-7,12H2,1-2H3,(H2,26,27,28,29). The summed E-state index contributed by atoms with van der Waals surface area (Å²) in [7, 11) is 3.68. The van der Waals surface area contributed by atoms with Gasteiger partial charge in [0.25, 0.3) is 0 Å². The van der Waals surface area contributed by atoms with Crippen LogP contribution in [0.15, 0.2) is 30.7 Å². The number of benzene rings is 1. The van der Waals surface area contributed by atoms with E-state index in [2.05, 4.69) is 25.2 Å². The molecule has 0 radical (unpaired) electrons. The molecule has 11 heteroatoms. The normalized spacial score (nSPS) is 16.9. The van der Waals surface area contributed by atoms with Gasteiger partial charge in [0, 0.05) is 51.1 Å². The number of aromatic nitrogens is 3. The fourth-order valence-corrected chi connectivity index (χ4v) is 3.72. The van der Waals surface area contributed by atoms with Crippen LogP contribution < -0.4 is 10.1 Å². The molecule has 176 valence electrons. The van der Waals surface area contributed by atoms with Crippen molar-refractivity contribution >= 4 is 28.4 Å². The van der Waals surface area contributed by atoms with Crippen molar-refractivity contribution in [2.75, 3.05) is 39.1 Å². The van der Waals surface area contributed by atoms with Crippen LogP contribution in [0, 0.1) is 0 Å². The van der Waals surface area contributed by atoms with Gasteiger partial charge in [-0.15, -0.1) is 0 Å². The number of rotatable bonds is 0. The van der Waals surface area contributed by atoms with Gasteiger partial charge in [-0.2, -0.15) is 13.2 Å². The third-order valence-corrected chi connectivity index (χ3v) is 5.53. The number of ether oxygens (including phenoxy) is 1. The van der Waals surface area contributed by atoms with Gasteiger partial charge < -0.3 is 24.8 Å². The Bertz CT molecular complexity index is 1150. The van der Waals surface area contributed by atoms with E-state index in [1.807, 2.05) is 13.2 Å². The largest absolute Gasteiger partial charge is 0.493 e. The van der Waals surface area contributed by atoms with Crippen LogP contribution in [0.4, 0.5) is 24.7 Å². The third kappa shape index (κ3) is 5.36. The summed E-state index contributed by atoms with van der Waals surface area (Å²) in [4.78, 5) is 27.7. The zero-order chi connectivity index (χ0) is 23.6. The number of H-pyrrole nitrogens is 1. The van der Waals surface area contributed by atoms with Crippen molar-refractivity contribution in [3.63, 3.8) is 0 Å². The lowest BCUT2D eigenvalue weighted by atomic mass is 10.1. The molecule has 1 amide bonds. The van der Waals surface area contributed by atoms with Gasteiger partial charge in [0.2, 0.25) is 5.91 Å². The number of nitrogens with one attached hydrogen (secondary N) is 2. The van der Waals surface area contributed by atoms with E-state index in [9.17, 15) is 18.0 Å². The number of nitrogens with zero attached hydrogens (tertiary/aromatic N) is 4. The Kier molecular flexibility index (Phi) is 6.41. The number of aromatic amines is 1. The first kappa shape index (κ1) is 22.8. The Morgan fingerprint density at radius 3 is 2.73 bits per heavy atom. The van der Waals surface area contributed by atoms with Gasteiger partial charge in [-0.1, -0.05) is 0 Å². The molecule has 0 saturated carbocycles. The van der Waals surface area contributed by atoms with Gasteiger partial charge in [-0.05, 0) is 31.2 Å². The van der Waals surface area contributed by atoms with Crippen LogP contribution in [0.2, 0.25) is 0 Å². The van der Waals surface area contributed by atoms with Gasteiger partial charge in [-0.25, -0.2) is 9.97 Å². The maximum Gasteiger partial charge on any atom is 0.416 e. The molecule has 2 N–H and O–H groups in total. The van der Waals surface area contributed by atoms with Crippen molar-refractivity contribution in [1.29, 1.82) is 0 Å². The number of carbonyl (C=O) groups excluding carboxylic acids is 1. The van der Waals surface area contributed by atoms with Crippen LogP contribution in [0.3, 0.4) is 0 Å². The lowest BCUT2D eigenvalue weighted by molar-refractivity contribution is -0.137. The Morgan fingerprint density at radius 1 is 1.12 bits per heavy atom. The molecule has 2 aromatic heterocycles. The van der Waals surface area contributed by atoms with Gasteiger partial charge in [0.05, 0.1) is 17.6 Å². The fourth-order valence-electron chi connectivity index (χ4n) is 3.72. The molecule has 2 bridgehead atoms. The predicted octanol–water partition coefficient (Wildman–Crippen LogP) is 3.78. The quantitative estimate of drug-likeness (QED) is 0.529. The number of hydrogen-bond acceptors (Lipinski definition) is 6.